The van der Waals surface area contributed by atoms with Gasteiger partial charge in [0.1, 0.15) is 5.75 Å². The molecule has 0 heterocycles. The average Bonchev–Trinajstić information content (AvgIpc) is 2.45. The molecule has 1 unspecified atom stereocenters. The summed E-state index contributed by atoms with van der Waals surface area (Å²) in [5, 5.41) is 0.904. The van der Waals surface area contributed by atoms with Crippen LogP contribution in [0.4, 0.5) is 0 Å². The molecule has 0 bridgehead atoms. The summed E-state index contributed by atoms with van der Waals surface area (Å²) in [4.78, 5) is 0. The molecule has 0 amide bonds. The maximum atomic E-state index is 6.08. The topological polar surface area (TPSA) is 9.23 Å². The van der Waals surface area contributed by atoms with Crippen LogP contribution < -0.4 is 4.74 Å². The number of hydrogen-bond donors (Lipinski definition) is 0. The molecule has 0 aliphatic rings. The van der Waals surface area contributed by atoms with E-state index in [0.717, 1.165) is 11.1 Å². The Morgan fingerprint density at radius 1 is 1.05 bits per heavy atom. The van der Waals surface area contributed by atoms with Crippen molar-refractivity contribution in [2.45, 2.75) is 26.7 Å². The Labute approximate surface area is 130 Å². The van der Waals surface area contributed by atoms with Crippen LogP contribution in [0.3, 0.4) is 0 Å². The van der Waals surface area contributed by atoms with E-state index in [9.17, 15) is 0 Å². The number of halogens is 1. The second kappa shape index (κ2) is 6.94. The minimum atomic E-state index is 0.372. The fraction of sp³-hybridized carbons (Fsp3) is 0.333. The molecule has 20 heavy (non-hydrogen) atoms. The van der Waals surface area contributed by atoms with Gasteiger partial charge in [0.25, 0.3) is 0 Å². The summed E-state index contributed by atoms with van der Waals surface area (Å²) in [6, 6.07) is 14.8. The smallest absolute Gasteiger partial charge is 0.122 e. The van der Waals surface area contributed by atoms with Crippen molar-refractivity contribution in [3.8, 4) is 5.75 Å². The van der Waals surface area contributed by atoms with Gasteiger partial charge in [-0.1, -0.05) is 52.3 Å². The lowest BCUT2D eigenvalue weighted by atomic mass is 10.0. The molecule has 1 atom stereocenters. The highest BCUT2D eigenvalue weighted by molar-refractivity contribution is 9.09. The van der Waals surface area contributed by atoms with Crippen LogP contribution in [-0.4, -0.2) is 11.9 Å². The second-order valence-corrected chi connectivity index (χ2v) is 5.93. The summed E-state index contributed by atoms with van der Waals surface area (Å²) >= 11 is 3.59. The summed E-state index contributed by atoms with van der Waals surface area (Å²) in [6.45, 7) is 7.06. The van der Waals surface area contributed by atoms with Crippen LogP contribution in [0, 0.1) is 20.8 Å². The third kappa shape index (κ3) is 3.63. The first-order valence-corrected chi connectivity index (χ1v) is 8.05. The highest BCUT2D eigenvalue weighted by Crippen LogP contribution is 2.26. The molecule has 1 nitrogen and oxygen atoms in total. The summed E-state index contributed by atoms with van der Waals surface area (Å²) in [5.41, 5.74) is 5.08. The Balaban J connectivity index is 2.11. The maximum Gasteiger partial charge on any atom is 0.122 e. The van der Waals surface area contributed by atoms with Crippen molar-refractivity contribution in [3.05, 3.63) is 64.7 Å². The molecule has 2 aromatic carbocycles. The van der Waals surface area contributed by atoms with E-state index < -0.39 is 0 Å². The lowest BCUT2D eigenvalue weighted by Crippen LogP contribution is -2.12. The van der Waals surface area contributed by atoms with Gasteiger partial charge < -0.3 is 4.74 Å². The van der Waals surface area contributed by atoms with Gasteiger partial charge in [0.05, 0.1) is 6.61 Å². The van der Waals surface area contributed by atoms with E-state index in [1.807, 2.05) is 6.07 Å². The van der Waals surface area contributed by atoms with Crippen molar-refractivity contribution in [2.24, 2.45) is 0 Å². The maximum absolute atomic E-state index is 6.08. The zero-order valence-electron chi connectivity index (χ0n) is 12.3. The predicted octanol–water partition coefficient (Wildman–Crippen LogP) is 5.17. The van der Waals surface area contributed by atoms with E-state index in [1.165, 1.54) is 22.3 Å². The lowest BCUT2D eigenvalue weighted by molar-refractivity contribution is 0.296. The molecule has 0 fully saturated rings. The van der Waals surface area contributed by atoms with Gasteiger partial charge in [-0.3, -0.25) is 0 Å². The second-order valence-electron chi connectivity index (χ2n) is 5.28. The lowest BCUT2D eigenvalue weighted by Gasteiger charge is -2.18. The Morgan fingerprint density at radius 2 is 1.75 bits per heavy atom. The number of aryl methyl sites for hydroxylation is 2. The molecule has 0 aliphatic heterocycles. The average molecular weight is 333 g/mol. The zero-order chi connectivity index (χ0) is 14.5. The van der Waals surface area contributed by atoms with Gasteiger partial charge >= 0.3 is 0 Å². The Hall–Kier alpha value is -1.28. The number of alkyl halides is 1. The molecule has 2 heteroatoms. The standard InChI is InChI=1S/C18H21BrO/c1-13-9-14(2)15(3)18(10-13)20-12-17(11-19)16-7-5-4-6-8-16/h4-10,17H,11-12H2,1-3H3. The van der Waals surface area contributed by atoms with E-state index in [0.29, 0.717) is 12.5 Å². The van der Waals surface area contributed by atoms with Crippen LogP contribution in [0.2, 0.25) is 0 Å². The van der Waals surface area contributed by atoms with E-state index in [1.54, 1.807) is 0 Å². The van der Waals surface area contributed by atoms with Crippen LogP contribution in [0.25, 0.3) is 0 Å². The van der Waals surface area contributed by atoms with Crippen molar-refractivity contribution in [2.75, 3.05) is 11.9 Å². The molecule has 0 spiro atoms. The van der Waals surface area contributed by atoms with Crippen LogP contribution in [0.5, 0.6) is 5.75 Å². The van der Waals surface area contributed by atoms with Crippen molar-refractivity contribution in [3.63, 3.8) is 0 Å². The molecule has 0 saturated carbocycles. The highest BCUT2D eigenvalue weighted by atomic mass is 79.9. The van der Waals surface area contributed by atoms with Gasteiger partial charge in [-0.15, -0.1) is 0 Å². The van der Waals surface area contributed by atoms with E-state index in [4.69, 9.17) is 4.74 Å². The highest BCUT2D eigenvalue weighted by Gasteiger charge is 2.12. The van der Waals surface area contributed by atoms with Crippen molar-refractivity contribution >= 4 is 15.9 Å². The van der Waals surface area contributed by atoms with Gasteiger partial charge in [-0.25, -0.2) is 0 Å². The first kappa shape index (κ1) is 15.1. The summed E-state index contributed by atoms with van der Waals surface area (Å²) in [7, 11) is 0. The van der Waals surface area contributed by atoms with E-state index >= 15 is 0 Å². The fourth-order valence-electron chi connectivity index (χ4n) is 2.30. The number of rotatable bonds is 5. The normalized spacial score (nSPS) is 12.2. The quantitative estimate of drug-likeness (QED) is 0.686. The van der Waals surface area contributed by atoms with Gasteiger partial charge in [0.2, 0.25) is 0 Å². The minimum Gasteiger partial charge on any atom is -0.493 e. The van der Waals surface area contributed by atoms with Gasteiger partial charge in [-0.2, -0.15) is 0 Å². The molecule has 2 rings (SSSR count). The molecule has 2 aromatic rings. The van der Waals surface area contributed by atoms with Crippen LogP contribution in [-0.2, 0) is 0 Å². The summed E-state index contributed by atoms with van der Waals surface area (Å²) in [5.74, 6) is 1.38. The van der Waals surface area contributed by atoms with E-state index in [-0.39, 0.29) is 0 Å². The predicted molar refractivity (Wildman–Crippen MR) is 89.1 cm³/mol. The van der Waals surface area contributed by atoms with Crippen LogP contribution in [0.15, 0.2) is 42.5 Å². The number of benzene rings is 2. The monoisotopic (exact) mass is 332 g/mol. The Kier molecular flexibility index (Phi) is 5.24. The first-order chi connectivity index (χ1) is 9.61. The summed E-state index contributed by atoms with van der Waals surface area (Å²) in [6.07, 6.45) is 0. The Morgan fingerprint density at radius 3 is 2.40 bits per heavy atom. The molecular formula is C18H21BrO. The molecule has 0 aromatic heterocycles. The third-order valence-corrected chi connectivity index (χ3v) is 4.44. The van der Waals surface area contributed by atoms with Crippen LogP contribution in [0.1, 0.15) is 28.2 Å². The van der Waals surface area contributed by atoms with Crippen LogP contribution >= 0.6 is 15.9 Å². The molecule has 0 N–H and O–H groups in total. The van der Waals surface area contributed by atoms with Gasteiger partial charge in [0, 0.05) is 11.2 Å². The van der Waals surface area contributed by atoms with Gasteiger partial charge in [0.15, 0.2) is 0 Å². The largest absolute Gasteiger partial charge is 0.493 e. The van der Waals surface area contributed by atoms with Crippen molar-refractivity contribution in [1.82, 2.24) is 0 Å². The Bertz CT molecular complexity index is 563. The zero-order valence-corrected chi connectivity index (χ0v) is 13.9. The molecule has 0 saturated heterocycles. The minimum absolute atomic E-state index is 0.372. The van der Waals surface area contributed by atoms with E-state index in [2.05, 4.69) is 73.1 Å². The SMILES string of the molecule is Cc1cc(C)c(C)c(OCC(CBr)c2ccccc2)c1. The number of hydrogen-bond acceptors (Lipinski definition) is 1. The third-order valence-electron chi connectivity index (χ3n) is 3.66. The summed E-state index contributed by atoms with van der Waals surface area (Å²) < 4.78 is 6.08. The van der Waals surface area contributed by atoms with Crippen molar-refractivity contribution in [1.29, 1.82) is 0 Å². The molecule has 0 aliphatic carbocycles. The number of ether oxygens (including phenoxy) is 1. The molecule has 106 valence electrons. The molecular weight excluding hydrogens is 312 g/mol. The first-order valence-electron chi connectivity index (χ1n) is 6.93. The fourth-order valence-corrected chi connectivity index (χ4v) is 2.86. The molecule has 0 radical (unpaired) electrons. The van der Waals surface area contributed by atoms with Crippen molar-refractivity contribution < 1.29 is 4.74 Å². The van der Waals surface area contributed by atoms with Gasteiger partial charge in [-0.05, 0) is 49.1 Å².